The highest BCUT2D eigenvalue weighted by molar-refractivity contribution is 5.85. The second-order valence-electron chi connectivity index (χ2n) is 6.32. The van der Waals surface area contributed by atoms with Gasteiger partial charge in [-0.3, -0.25) is 9.59 Å². The van der Waals surface area contributed by atoms with Crippen LogP contribution in [-0.2, 0) is 9.59 Å². The molecule has 22 heavy (non-hydrogen) atoms. The molecule has 4 nitrogen and oxygen atoms in total. The molecule has 3 unspecified atom stereocenters. The molecule has 1 amide bonds. The van der Waals surface area contributed by atoms with Gasteiger partial charge in [-0.15, -0.1) is 0 Å². The summed E-state index contributed by atoms with van der Waals surface area (Å²) in [5.74, 6) is -2.62. The first-order chi connectivity index (χ1) is 10.3. The Balaban J connectivity index is 2.14. The van der Waals surface area contributed by atoms with E-state index in [1.807, 2.05) is 0 Å². The summed E-state index contributed by atoms with van der Waals surface area (Å²) >= 11 is 0. The zero-order chi connectivity index (χ0) is 16.3. The molecule has 0 aromatic heterocycles. The van der Waals surface area contributed by atoms with Crippen molar-refractivity contribution in [2.75, 3.05) is 0 Å². The number of rotatable bonds is 4. The lowest BCUT2D eigenvalue weighted by molar-refractivity contribution is -0.146. The van der Waals surface area contributed by atoms with Gasteiger partial charge in [0.2, 0.25) is 5.91 Å². The van der Waals surface area contributed by atoms with Gasteiger partial charge >= 0.3 is 5.97 Å². The summed E-state index contributed by atoms with van der Waals surface area (Å²) in [6, 6.07) is 5.93. The molecular formula is C17H22FNO3. The van der Waals surface area contributed by atoms with Crippen molar-refractivity contribution in [3.63, 3.8) is 0 Å². The van der Waals surface area contributed by atoms with E-state index >= 15 is 0 Å². The van der Waals surface area contributed by atoms with E-state index in [-0.39, 0.29) is 11.7 Å². The molecule has 0 spiro atoms. The SMILES string of the molecule is CC(C(=O)NC1(C)CCCCC1C(=O)O)c1cccc(F)c1. The molecule has 0 saturated heterocycles. The maximum Gasteiger partial charge on any atom is 0.308 e. The molecule has 1 aromatic carbocycles. The molecular weight excluding hydrogens is 285 g/mol. The van der Waals surface area contributed by atoms with Crippen LogP contribution in [0.2, 0.25) is 0 Å². The second-order valence-corrected chi connectivity index (χ2v) is 6.32. The Labute approximate surface area is 129 Å². The number of benzene rings is 1. The van der Waals surface area contributed by atoms with Crippen LogP contribution in [0.4, 0.5) is 4.39 Å². The first-order valence-electron chi connectivity index (χ1n) is 7.64. The smallest absolute Gasteiger partial charge is 0.308 e. The number of hydrogen-bond donors (Lipinski definition) is 2. The third kappa shape index (κ3) is 3.46. The molecule has 3 atom stereocenters. The fourth-order valence-electron chi connectivity index (χ4n) is 3.20. The molecule has 1 aromatic rings. The van der Waals surface area contributed by atoms with Crippen LogP contribution in [0.25, 0.3) is 0 Å². The molecule has 1 aliphatic rings. The third-order valence-corrected chi connectivity index (χ3v) is 4.66. The predicted molar refractivity (Wildman–Crippen MR) is 81.0 cm³/mol. The van der Waals surface area contributed by atoms with Gasteiger partial charge in [-0.05, 0) is 44.4 Å². The molecule has 2 rings (SSSR count). The summed E-state index contributed by atoms with van der Waals surface area (Å²) in [7, 11) is 0. The molecule has 0 heterocycles. The topological polar surface area (TPSA) is 66.4 Å². The number of carboxylic acid groups (broad SMARTS) is 1. The zero-order valence-corrected chi connectivity index (χ0v) is 12.9. The largest absolute Gasteiger partial charge is 0.481 e. The molecule has 1 aliphatic carbocycles. The van der Waals surface area contributed by atoms with Crippen LogP contribution in [0.5, 0.6) is 0 Å². The van der Waals surface area contributed by atoms with Crippen LogP contribution in [-0.4, -0.2) is 22.5 Å². The lowest BCUT2D eigenvalue weighted by Crippen LogP contribution is -2.56. The summed E-state index contributed by atoms with van der Waals surface area (Å²) in [6.45, 7) is 3.49. The van der Waals surface area contributed by atoms with E-state index in [1.165, 1.54) is 12.1 Å². The average molecular weight is 307 g/mol. The number of amides is 1. The van der Waals surface area contributed by atoms with Crippen molar-refractivity contribution in [3.05, 3.63) is 35.6 Å². The third-order valence-electron chi connectivity index (χ3n) is 4.66. The Morgan fingerprint density at radius 1 is 1.41 bits per heavy atom. The maximum absolute atomic E-state index is 13.3. The van der Waals surface area contributed by atoms with Gasteiger partial charge in [0.1, 0.15) is 5.82 Å². The Morgan fingerprint density at radius 3 is 2.77 bits per heavy atom. The van der Waals surface area contributed by atoms with Gasteiger partial charge in [0.15, 0.2) is 0 Å². The van der Waals surface area contributed by atoms with Crippen LogP contribution < -0.4 is 5.32 Å². The number of carbonyl (C=O) groups is 2. The Hall–Kier alpha value is -1.91. The second kappa shape index (κ2) is 6.46. The molecule has 0 radical (unpaired) electrons. The van der Waals surface area contributed by atoms with E-state index in [0.717, 1.165) is 12.8 Å². The normalized spacial score (nSPS) is 26.2. The Kier molecular flexibility index (Phi) is 4.84. The van der Waals surface area contributed by atoms with Gasteiger partial charge in [-0.1, -0.05) is 25.0 Å². The first-order valence-corrected chi connectivity index (χ1v) is 7.64. The van der Waals surface area contributed by atoms with Crippen molar-refractivity contribution < 1.29 is 19.1 Å². The minimum atomic E-state index is -0.874. The summed E-state index contributed by atoms with van der Waals surface area (Å²) in [6.07, 6.45) is 2.98. The van der Waals surface area contributed by atoms with Gasteiger partial charge in [-0.25, -0.2) is 4.39 Å². The minimum absolute atomic E-state index is 0.263. The van der Waals surface area contributed by atoms with Crippen LogP contribution in [0.15, 0.2) is 24.3 Å². The number of carbonyl (C=O) groups excluding carboxylic acids is 1. The van der Waals surface area contributed by atoms with Crippen LogP contribution in [0.1, 0.15) is 51.0 Å². The molecule has 0 aliphatic heterocycles. The molecule has 2 N–H and O–H groups in total. The lowest BCUT2D eigenvalue weighted by Gasteiger charge is -2.40. The van der Waals surface area contributed by atoms with Gasteiger partial charge in [0.25, 0.3) is 0 Å². The fourth-order valence-corrected chi connectivity index (χ4v) is 3.20. The van der Waals surface area contributed by atoms with Crippen molar-refractivity contribution in [3.8, 4) is 0 Å². The van der Waals surface area contributed by atoms with E-state index < -0.39 is 23.3 Å². The van der Waals surface area contributed by atoms with Crippen molar-refractivity contribution >= 4 is 11.9 Å². The average Bonchev–Trinajstić information content (AvgIpc) is 2.46. The van der Waals surface area contributed by atoms with Crippen LogP contribution in [0, 0.1) is 11.7 Å². The van der Waals surface area contributed by atoms with E-state index in [0.29, 0.717) is 18.4 Å². The van der Waals surface area contributed by atoms with E-state index in [1.54, 1.807) is 26.0 Å². The summed E-state index contributed by atoms with van der Waals surface area (Å²) in [5.41, 5.74) is -0.160. The van der Waals surface area contributed by atoms with E-state index in [9.17, 15) is 19.1 Å². The van der Waals surface area contributed by atoms with Crippen molar-refractivity contribution in [1.29, 1.82) is 0 Å². The van der Waals surface area contributed by atoms with Crippen LogP contribution in [0.3, 0.4) is 0 Å². The van der Waals surface area contributed by atoms with Crippen molar-refractivity contribution in [2.24, 2.45) is 5.92 Å². The number of aliphatic carboxylic acids is 1. The molecule has 5 heteroatoms. The van der Waals surface area contributed by atoms with Gasteiger partial charge in [-0.2, -0.15) is 0 Å². The van der Waals surface area contributed by atoms with E-state index in [2.05, 4.69) is 5.32 Å². The molecule has 1 fully saturated rings. The first kappa shape index (κ1) is 16.5. The monoisotopic (exact) mass is 307 g/mol. The maximum atomic E-state index is 13.3. The van der Waals surface area contributed by atoms with Crippen LogP contribution >= 0.6 is 0 Å². The summed E-state index contributed by atoms with van der Waals surface area (Å²) in [4.78, 5) is 23.9. The number of hydrogen-bond acceptors (Lipinski definition) is 2. The zero-order valence-electron chi connectivity index (χ0n) is 12.9. The number of carboxylic acids is 1. The number of nitrogens with one attached hydrogen (secondary N) is 1. The molecule has 1 saturated carbocycles. The highest BCUT2D eigenvalue weighted by Crippen LogP contribution is 2.34. The van der Waals surface area contributed by atoms with Gasteiger partial charge < -0.3 is 10.4 Å². The van der Waals surface area contributed by atoms with Crippen molar-refractivity contribution in [1.82, 2.24) is 5.32 Å². The highest BCUT2D eigenvalue weighted by atomic mass is 19.1. The standard InChI is InChI=1S/C17H22FNO3/c1-11(12-6-5-7-13(18)10-12)15(20)19-17(2)9-4-3-8-14(17)16(21)22/h5-7,10-11,14H,3-4,8-9H2,1-2H3,(H,19,20)(H,21,22). The quantitative estimate of drug-likeness (QED) is 0.898. The summed E-state index contributed by atoms with van der Waals surface area (Å²) < 4.78 is 13.3. The molecule has 0 bridgehead atoms. The Bertz CT molecular complexity index is 575. The minimum Gasteiger partial charge on any atom is -0.481 e. The Morgan fingerprint density at radius 2 is 2.14 bits per heavy atom. The van der Waals surface area contributed by atoms with E-state index in [4.69, 9.17) is 0 Å². The lowest BCUT2D eigenvalue weighted by atomic mass is 9.73. The molecule has 120 valence electrons. The van der Waals surface area contributed by atoms with Crippen molar-refractivity contribution in [2.45, 2.75) is 51.0 Å². The summed E-state index contributed by atoms with van der Waals surface area (Å²) in [5, 5.41) is 12.3. The highest BCUT2D eigenvalue weighted by Gasteiger charge is 2.42. The van der Waals surface area contributed by atoms with Gasteiger partial charge in [0, 0.05) is 0 Å². The predicted octanol–water partition coefficient (Wildman–Crippen LogP) is 3.08. The number of halogens is 1. The fraction of sp³-hybridized carbons (Fsp3) is 0.529. The van der Waals surface area contributed by atoms with Gasteiger partial charge in [0.05, 0.1) is 17.4 Å².